The molecule has 0 saturated carbocycles. The van der Waals surface area contributed by atoms with Gasteiger partial charge in [0.15, 0.2) is 0 Å². The van der Waals surface area contributed by atoms with Crippen LogP contribution >= 0.6 is 0 Å². The Labute approximate surface area is 151 Å². The Bertz CT molecular complexity index is 523. The SMILES string of the molecule is CCCCCCNC(=O)[C@H](Cc1ccccc1)NC(=O)OC(C)(C)C. The van der Waals surface area contributed by atoms with E-state index >= 15 is 0 Å². The number of alkyl carbamates (subject to hydrolysis) is 1. The molecule has 1 aromatic carbocycles. The van der Waals surface area contributed by atoms with Gasteiger partial charge >= 0.3 is 6.09 Å². The third kappa shape index (κ3) is 9.75. The maximum Gasteiger partial charge on any atom is 0.408 e. The number of nitrogens with one attached hydrogen (secondary N) is 2. The highest BCUT2D eigenvalue weighted by atomic mass is 16.6. The maximum atomic E-state index is 12.5. The van der Waals surface area contributed by atoms with Gasteiger partial charge in [0, 0.05) is 13.0 Å². The Morgan fingerprint density at radius 1 is 1.08 bits per heavy atom. The fourth-order valence-corrected chi connectivity index (χ4v) is 2.40. The molecule has 0 aliphatic heterocycles. The summed E-state index contributed by atoms with van der Waals surface area (Å²) in [4.78, 5) is 24.6. The number of ether oxygens (including phenoxy) is 1. The van der Waals surface area contributed by atoms with Crippen molar-refractivity contribution in [3.63, 3.8) is 0 Å². The third-order valence-electron chi connectivity index (χ3n) is 3.62. The molecule has 0 saturated heterocycles. The van der Waals surface area contributed by atoms with E-state index in [4.69, 9.17) is 4.74 Å². The summed E-state index contributed by atoms with van der Waals surface area (Å²) in [6, 6.07) is 9.00. The number of unbranched alkanes of at least 4 members (excludes halogenated alkanes) is 3. The average Bonchev–Trinajstić information content (AvgIpc) is 2.53. The van der Waals surface area contributed by atoms with Crippen LogP contribution in [0, 0.1) is 0 Å². The zero-order valence-corrected chi connectivity index (χ0v) is 15.9. The molecular formula is C20H32N2O3. The van der Waals surface area contributed by atoms with E-state index in [9.17, 15) is 9.59 Å². The van der Waals surface area contributed by atoms with Gasteiger partial charge in [0.25, 0.3) is 0 Å². The molecule has 0 aliphatic carbocycles. The largest absolute Gasteiger partial charge is 0.444 e. The van der Waals surface area contributed by atoms with Crippen LogP contribution in [0.25, 0.3) is 0 Å². The lowest BCUT2D eigenvalue weighted by Gasteiger charge is -2.23. The molecular weight excluding hydrogens is 316 g/mol. The van der Waals surface area contributed by atoms with Gasteiger partial charge in [-0.05, 0) is 32.8 Å². The van der Waals surface area contributed by atoms with Crippen LogP contribution in [0.5, 0.6) is 0 Å². The summed E-state index contributed by atoms with van der Waals surface area (Å²) in [5.74, 6) is -0.175. The molecule has 2 N–H and O–H groups in total. The van der Waals surface area contributed by atoms with Crippen LogP contribution < -0.4 is 10.6 Å². The zero-order chi connectivity index (χ0) is 18.7. The highest BCUT2D eigenvalue weighted by Crippen LogP contribution is 2.09. The Balaban J connectivity index is 2.63. The summed E-state index contributed by atoms with van der Waals surface area (Å²) in [7, 11) is 0. The molecule has 0 spiro atoms. The van der Waals surface area contributed by atoms with Crippen molar-refractivity contribution in [3.05, 3.63) is 35.9 Å². The Morgan fingerprint density at radius 2 is 1.76 bits per heavy atom. The fraction of sp³-hybridized carbons (Fsp3) is 0.600. The smallest absolute Gasteiger partial charge is 0.408 e. The van der Waals surface area contributed by atoms with E-state index < -0.39 is 17.7 Å². The first-order chi connectivity index (χ1) is 11.8. The van der Waals surface area contributed by atoms with Crippen LogP contribution in [0.15, 0.2) is 30.3 Å². The van der Waals surface area contributed by atoms with Crippen molar-refractivity contribution in [2.75, 3.05) is 6.54 Å². The molecule has 25 heavy (non-hydrogen) atoms. The second-order valence-corrected chi connectivity index (χ2v) is 7.24. The highest BCUT2D eigenvalue weighted by Gasteiger charge is 2.24. The second-order valence-electron chi connectivity index (χ2n) is 7.24. The lowest BCUT2D eigenvalue weighted by Crippen LogP contribution is -2.49. The standard InChI is InChI=1S/C20H32N2O3/c1-5-6-7-11-14-21-18(23)17(15-16-12-9-8-10-13-16)22-19(24)25-20(2,3)4/h8-10,12-13,17H,5-7,11,14-15H2,1-4H3,(H,21,23)(H,22,24)/t17-/m0/s1. The highest BCUT2D eigenvalue weighted by molar-refractivity contribution is 5.86. The van der Waals surface area contributed by atoms with Crippen LogP contribution in [0.3, 0.4) is 0 Å². The van der Waals surface area contributed by atoms with Crippen LogP contribution in [0.1, 0.15) is 58.9 Å². The minimum atomic E-state index is -0.650. The first-order valence-electron chi connectivity index (χ1n) is 9.13. The van der Waals surface area contributed by atoms with Crippen molar-refractivity contribution in [3.8, 4) is 0 Å². The Hall–Kier alpha value is -2.04. The van der Waals surface area contributed by atoms with Crippen molar-refractivity contribution < 1.29 is 14.3 Å². The van der Waals surface area contributed by atoms with Crippen molar-refractivity contribution in [1.29, 1.82) is 0 Å². The van der Waals surface area contributed by atoms with Gasteiger partial charge < -0.3 is 15.4 Å². The van der Waals surface area contributed by atoms with E-state index in [1.165, 1.54) is 6.42 Å². The lowest BCUT2D eigenvalue weighted by molar-refractivity contribution is -0.123. The molecule has 0 heterocycles. The van der Waals surface area contributed by atoms with Crippen LogP contribution in [-0.2, 0) is 16.0 Å². The first kappa shape index (κ1) is 21.0. The molecule has 0 fully saturated rings. The topological polar surface area (TPSA) is 67.4 Å². The van der Waals surface area contributed by atoms with E-state index in [1.54, 1.807) is 20.8 Å². The normalized spacial score (nSPS) is 12.3. The van der Waals surface area contributed by atoms with Gasteiger partial charge in [-0.1, -0.05) is 56.5 Å². The predicted molar refractivity (Wildman–Crippen MR) is 100 cm³/mol. The summed E-state index contributed by atoms with van der Waals surface area (Å²) < 4.78 is 5.28. The number of hydrogen-bond acceptors (Lipinski definition) is 3. The number of carbonyl (C=O) groups excluding carboxylic acids is 2. The molecule has 1 rings (SSSR count). The molecule has 2 amide bonds. The number of hydrogen-bond donors (Lipinski definition) is 2. The van der Waals surface area contributed by atoms with Gasteiger partial charge in [0.1, 0.15) is 11.6 Å². The average molecular weight is 348 g/mol. The zero-order valence-electron chi connectivity index (χ0n) is 15.9. The van der Waals surface area contributed by atoms with Gasteiger partial charge in [-0.25, -0.2) is 4.79 Å². The molecule has 1 atom stereocenters. The summed E-state index contributed by atoms with van der Waals surface area (Å²) in [5.41, 5.74) is 0.391. The predicted octanol–water partition coefficient (Wildman–Crippen LogP) is 3.82. The van der Waals surface area contributed by atoms with Crippen molar-refractivity contribution in [1.82, 2.24) is 10.6 Å². The van der Waals surface area contributed by atoms with Gasteiger partial charge in [-0.3, -0.25) is 4.79 Å². The Morgan fingerprint density at radius 3 is 2.36 bits per heavy atom. The molecule has 5 heteroatoms. The molecule has 5 nitrogen and oxygen atoms in total. The first-order valence-corrected chi connectivity index (χ1v) is 9.13. The third-order valence-corrected chi connectivity index (χ3v) is 3.62. The lowest BCUT2D eigenvalue weighted by atomic mass is 10.1. The summed E-state index contributed by atoms with van der Waals surface area (Å²) in [5, 5.41) is 5.62. The van der Waals surface area contributed by atoms with E-state index in [-0.39, 0.29) is 5.91 Å². The van der Waals surface area contributed by atoms with Crippen LogP contribution in [0.2, 0.25) is 0 Å². The van der Waals surface area contributed by atoms with Crippen molar-refractivity contribution in [2.24, 2.45) is 0 Å². The molecule has 0 bridgehead atoms. The Kier molecular flexibility index (Phi) is 9.03. The van der Waals surface area contributed by atoms with E-state index in [0.717, 1.165) is 24.8 Å². The van der Waals surface area contributed by atoms with E-state index in [1.807, 2.05) is 30.3 Å². The van der Waals surface area contributed by atoms with Crippen molar-refractivity contribution >= 4 is 12.0 Å². The fourth-order valence-electron chi connectivity index (χ4n) is 2.40. The quantitative estimate of drug-likeness (QED) is 0.667. The van der Waals surface area contributed by atoms with E-state index in [0.29, 0.717) is 13.0 Å². The summed E-state index contributed by atoms with van der Waals surface area (Å²) in [6.07, 6.45) is 4.23. The maximum absolute atomic E-state index is 12.5. The monoisotopic (exact) mass is 348 g/mol. The molecule has 140 valence electrons. The van der Waals surface area contributed by atoms with Gasteiger partial charge in [0.2, 0.25) is 5.91 Å². The van der Waals surface area contributed by atoms with Crippen LogP contribution in [-0.4, -0.2) is 30.2 Å². The van der Waals surface area contributed by atoms with Crippen molar-refractivity contribution in [2.45, 2.75) is 71.4 Å². The van der Waals surface area contributed by atoms with Gasteiger partial charge in [-0.2, -0.15) is 0 Å². The number of rotatable bonds is 9. The van der Waals surface area contributed by atoms with Gasteiger partial charge in [-0.15, -0.1) is 0 Å². The van der Waals surface area contributed by atoms with E-state index in [2.05, 4.69) is 17.6 Å². The van der Waals surface area contributed by atoms with Gasteiger partial charge in [0.05, 0.1) is 0 Å². The molecule has 0 unspecified atom stereocenters. The van der Waals surface area contributed by atoms with Crippen LogP contribution in [0.4, 0.5) is 4.79 Å². The number of carbonyl (C=O) groups is 2. The molecule has 0 radical (unpaired) electrons. The number of amides is 2. The molecule has 0 aliphatic rings. The molecule has 0 aromatic heterocycles. The minimum absolute atomic E-state index is 0.175. The number of benzene rings is 1. The minimum Gasteiger partial charge on any atom is -0.444 e. The molecule has 1 aromatic rings. The summed E-state index contributed by atoms with van der Waals surface area (Å²) >= 11 is 0. The second kappa shape index (κ2) is 10.7. The summed E-state index contributed by atoms with van der Waals surface area (Å²) in [6.45, 7) is 8.17.